The molecule has 0 aliphatic carbocycles. The molecule has 30 heavy (non-hydrogen) atoms. The predicted octanol–water partition coefficient (Wildman–Crippen LogP) is 2.26. The summed E-state index contributed by atoms with van der Waals surface area (Å²) in [5.41, 5.74) is 1.31. The molecule has 2 heterocycles. The van der Waals surface area contributed by atoms with Crippen molar-refractivity contribution in [2.75, 3.05) is 7.11 Å². The molecule has 4 rings (SSSR count). The van der Waals surface area contributed by atoms with Gasteiger partial charge in [-0.05, 0) is 42.3 Å². The smallest absolute Gasteiger partial charge is 0.251 e. The van der Waals surface area contributed by atoms with E-state index in [1.165, 1.54) is 4.57 Å². The Labute approximate surface area is 172 Å². The van der Waals surface area contributed by atoms with Crippen molar-refractivity contribution in [2.45, 2.75) is 25.4 Å². The summed E-state index contributed by atoms with van der Waals surface area (Å²) < 4.78 is 6.59. The lowest BCUT2D eigenvalue weighted by Gasteiger charge is -2.22. The number of rotatable bonds is 5. The SMILES string of the molecule is COc1ccc(C(=O)NCc2cccc3c(O)n(C4CCC(=O)NC4=O)cc23)cc1. The van der Waals surface area contributed by atoms with Gasteiger partial charge in [0.05, 0.1) is 7.11 Å². The maximum absolute atomic E-state index is 12.5. The van der Waals surface area contributed by atoms with E-state index >= 15 is 0 Å². The summed E-state index contributed by atoms with van der Waals surface area (Å²) in [6, 6.07) is 11.5. The molecule has 3 N–H and O–H groups in total. The van der Waals surface area contributed by atoms with Gasteiger partial charge >= 0.3 is 0 Å². The average Bonchev–Trinajstić information content (AvgIpc) is 3.09. The number of aromatic hydroxyl groups is 1. The number of ether oxygens (including phenoxy) is 1. The van der Waals surface area contributed by atoms with E-state index in [1.807, 2.05) is 6.07 Å². The average molecular weight is 407 g/mol. The number of methoxy groups -OCH3 is 1. The highest BCUT2D eigenvalue weighted by Gasteiger charge is 2.30. The maximum Gasteiger partial charge on any atom is 0.251 e. The quantitative estimate of drug-likeness (QED) is 0.562. The number of amides is 3. The van der Waals surface area contributed by atoms with Gasteiger partial charge in [-0.25, -0.2) is 0 Å². The fraction of sp³-hybridized carbons (Fsp3) is 0.227. The molecular weight excluding hydrogens is 386 g/mol. The molecule has 1 aliphatic rings. The highest BCUT2D eigenvalue weighted by atomic mass is 16.5. The number of hydrogen-bond acceptors (Lipinski definition) is 5. The standard InChI is InChI=1S/C22H21N3O5/c1-30-15-7-5-13(6-8-15)20(27)23-11-14-3-2-4-16-17(14)12-25(22(16)29)18-9-10-19(26)24-21(18)28/h2-8,12,18,29H,9-11H2,1H3,(H,23,27)(H,24,26,28). The molecule has 0 radical (unpaired) electrons. The molecule has 0 saturated carbocycles. The number of fused-ring (bicyclic) bond motifs is 1. The van der Waals surface area contributed by atoms with E-state index < -0.39 is 11.9 Å². The molecule has 0 bridgehead atoms. The van der Waals surface area contributed by atoms with Gasteiger partial charge in [0.1, 0.15) is 11.8 Å². The van der Waals surface area contributed by atoms with Gasteiger partial charge in [-0.1, -0.05) is 12.1 Å². The van der Waals surface area contributed by atoms with Crippen LogP contribution in [0.1, 0.15) is 34.8 Å². The second kappa shape index (κ2) is 7.90. The summed E-state index contributed by atoms with van der Waals surface area (Å²) in [6.45, 7) is 0.251. The molecule has 8 heteroatoms. The minimum atomic E-state index is -0.656. The Bertz CT molecular complexity index is 1130. The molecular formula is C22H21N3O5. The van der Waals surface area contributed by atoms with Crippen molar-refractivity contribution < 1.29 is 24.2 Å². The van der Waals surface area contributed by atoms with Crippen LogP contribution in [0.3, 0.4) is 0 Å². The number of imide groups is 1. The first-order valence-electron chi connectivity index (χ1n) is 9.55. The topological polar surface area (TPSA) is 110 Å². The molecule has 3 aromatic rings. The summed E-state index contributed by atoms with van der Waals surface area (Å²) in [5, 5.41) is 17.1. The Morgan fingerprint density at radius 2 is 1.97 bits per heavy atom. The molecule has 1 atom stereocenters. The van der Waals surface area contributed by atoms with E-state index in [0.29, 0.717) is 23.1 Å². The molecule has 1 saturated heterocycles. The van der Waals surface area contributed by atoms with Gasteiger partial charge in [-0.2, -0.15) is 0 Å². The predicted molar refractivity (Wildman–Crippen MR) is 109 cm³/mol. The Morgan fingerprint density at radius 1 is 1.20 bits per heavy atom. The Kier molecular flexibility index (Phi) is 5.14. The highest BCUT2D eigenvalue weighted by molar-refractivity contribution is 6.00. The molecule has 2 aromatic carbocycles. The number of hydrogen-bond donors (Lipinski definition) is 3. The van der Waals surface area contributed by atoms with Crippen LogP contribution in [-0.2, 0) is 16.1 Å². The summed E-state index contributed by atoms with van der Waals surface area (Å²) in [5.74, 6) is -0.349. The van der Waals surface area contributed by atoms with Gasteiger partial charge in [-0.3, -0.25) is 19.7 Å². The van der Waals surface area contributed by atoms with Gasteiger partial charge in [0, 0.05) is 35.5 Å². The molecule has 1 unspecified atom stereocenters. The van der Waals surface area contributed by atoms with Crippen LogP contribution < -0.4 is 15.4 Å². The van der Waals surface area contributed by atoms with Crippen LogP contribution in [0.15, 0.2) is 48.7 Å². The van der Waals surface area contributed by atoms with E-state index in [9.17, 15) is 19.5 Å². The van der Waals surface area contributed by atoms with Crippen molar-refractivity contribution in [3.05, 3.63) is 59.8 Å². The number of carbonyl (C=O) groups is 3. The lowest BCUT2D eigenvalue weighted by atomic mass is 10.1. The second-order valence-corrected chi connectivity index (χ2v) is 7.12. The molecule has 8 nitrogen and oxygen atoms in total. The Hall–Kier alpha value is -3.81. The molecule has 1 aromatic heterocycles. The second-order valence-electron chi connectivity index (χ2n) is 7.12. The van der Waals surface area contributed by atoms with Crippen molar-refractivity contribution in [1.29, 1.82) is 0 Å². The van der Waals surface area contributed by atoms with Crippen LogP contribution >= 0.6 is 0 Å². The minimum Gasteiger partial charge on any atom is -0.497 e. The summed E-state index contributed by atoms with van der Waals surface area (Å²) in [6.07, 6.45) is 2.23. The van der Waals surface area contributed by atoms with Gasteiger partial charge in [0.15, 0.2) is 5.88 Å². The van der Waals surface area contributed by atoms with Crippen molar-refractivity contribution in [3.63, 3.8) is 0 Å². The van der Waals surface area contributed by atoms with Crippen molar-refractivity contribution in [3.8, 4) is 11.6 Å². The Morgan fingerprint density at radius 3 is 2.67 bits per heavy atom. The van der Waals surface area contributed by atoms with Crippen LogP contribution in [-0.4, -0.2) is 34.5 Å². The fourth-order valence-corrected chi connectivity index (χ4v) is 3.66. The van der Waals surface area contributed by atoms with Crippen molar-refractivity contribution in [2.24, 2.45) is 0 Å². The Balaban J connectivity index is 1.56. The van der Waals surface area contributed by atoms with E-state index in [0.717, 1.165) is 10.9 Å². The van der Waals surface area contributed by atoms with Gasteiger partial charge in [0.2, 0.25) is 11.8 Å². The number of benzene rings is 2. The third kappa shape index (κ3) is 3.59. The monoisotopic (exact) mass is 407 g/mol. The zero-order valence-corrected chi connectivity index (χ0v) is 16.3. The van der Waals surface area contributed by atoms with Crippen LogP contribution in [0.2, 0.25) is 0 Å². The summed E-state index contributed by atoms with van der Waals surface area (Å²) in [7, 11) is 1.56. The molecule has 0 spiro atoms. The molecule has 1 fully saturated rings. The fourth-order valence-electron chi connectivity index (χ4n) is 3.66. The first-order chi connectivity index (χ1) is 14.5. The van der Waals surface area contributed by atoms with Crippen LogP contribution in [0, 0.1) is 0 Å². The van der Waals surface area contributed by atoms with Gasteiger partial charge < -0.3 is 19.7 Å². The first-order valence-corrected chi connectivity index (χ1v) is 9.55. The van der Waals surface area contributed by atoms with Crippen LogP contribution in [0.25, 0.3) is 10.8 Å². The lowest BCUT2D eigenvalue weighted by molar-refractivity contribution is -0.135. The van der Waals surface area contributed by atoms with Gasteiger partial charge in [-0.15, -0.1) is 0 Å². The number of nitrogens with zero attached hydrogens (tertiary/aromatic N) is 1. The van der Waals surface area contributed by atoms with Crippen molar-refractivity contribution in [1.82, 2.24) is 15.2 Å². The third-order valence-electron chi connectivity index (χ3n) is 5.29. The van der Waals surface area contributed by atoms with Gasteiger partial charge in [0.25, 0.3) is 5.91 Å². The maximum atomic E-state index is 12.5. The largest absolute Gasteiger partial charge is 0.497 e. The van der Waals surface area contributed by atoms with E-state index in [2.05, 4.69) is 10.6 Å². The number of carbonyl (C=O) groups excluding carboxylic acids is 3. The third-order valence-corrected chi connectivity index (χ3v) is 5.29. The van der Waals surface area contributed by atoms with Crippen LogP contribution in [0.4, 0.5) is 0 Å². The number of aromatic nitrogens is 1. The number of piperidine rings is 1. The minimum absolute atomic E-state index is 0.0390. The summed E-state index contributed by atoms with van der Waals surface area (Å²) >= 11 is 0. The van der Waals surface area contributed by atoms with E-state index in [-0.39, 0.29) is 30.7 Å². The first kappa shape index (κ1) is 19.5. The van der Waals surface area contributed by atoms with E-state index in [4.69, 9.17) is 4.74 Å². The molecule has 1 aliphatic heterocycles. The number of nitrogens with one attached hydrogen (secondary N) is 2. The highest BCUT2D eigenvalue weighted by Crippen LogP contribution is 2.34. The zero-order chi connectivity index (χ0) is 21.3. The van der Waals surface area contributed by atoms with E-state index in [1.54, 1.807) is 49.7 Å². The van der Waals surface area contributed by atoms with Crippen LogP contribution in [0.5, 0.6) is 11.6 Å². The van der Waals surface area contributed by atoms with Crippen molar-refractivity contribution >= 4 is 28.5 Å². The normalized spacial score (nSPS) is 16.4. The molecule has 154 valence electrons. The summed E-state index contributed by atoms with van der Waals surface area (Å²) in [4.78, 5) is 36.1. The lowest BCUT2D eigenvalue weighted by Crippen LogP contribution is -2.41. The zero-order valence-electron chi connectivity index (χ0n) is 16.3. The molecule has 3 amide bonds.